The lowest BCUT2D eigenvalue weighted by atomic mass is 10.1. The van der Waals surface area contributed by atoms with Gasteiger partial charge in [0.2, 0.25) is 0 Å². The number of nitrogen functional groups attached to an aromatic ring is 1. The summed E-state index contributed by atoms with van der Waals surface area (Å²) in [5.74, 6) is 0.0463. The van der Waals surface area contributed by atoms with Gasteiger partial charge >= 0.3 is 0 Å². The molecule has 6 nitrogen and oxygen atoms in total. The maximum Gasteiger partial charge on any atom is 0.267 e. The average Bonchev–Trinajstić information content (AvgIpc) is 2.69. The van der Waals surface area contributed by atoms with Crippen molar-refractivity contribution in [1.29, 1.82) is 0 Å². The summed E-state index contributed by atoms with van der Waals surface area (Å²) < 4.78 is 0. The Morgan fingerprint density at radius 3 is 2.40 bits per heavy atom. The minimum atomic E-state index is -0.939. The fourth-order valence-electron chi connectivity index (χ4n) is 1.93. The van der Waals surface area contributed by atoms with E-state index in [1.807, 2.05) is 18.7 Å². The van der Waals surface area contributed by atoms with Crippen LogP contribution in [-0.2, 0) is 0 Å². The van der Waals surface area contributed by atoms with Crippen molar-refractivity contribution in [3.63, 3.8) is 0 Å². The number of likely N-dealkylation sites (N-methyl/N-ethyl adjacent to an activating group) is 1. The second kappa shape index (κ2) is 6.41. The number of nitrogens with two attached hydrogens (primary N) is 1. The number of carbonyl (C=O) groups is 1. The molecular weight excluding hydrogens is 276 g/mol. The summed E-state index contributed by atoms with van der Waals surface area (Å²) in [5, 5.41) is 10.5. The van der Waals surface area contributed by atoms with Gasteiger partial charge in [-0.1, -0.05) is 11.3 Å². The van der Waals surface area contributed by atoms with Gasteiger partial charge in [0.15, 0.2) is 5.13 Å². The van der Waals surface area contributed by atoms with E-state index in [1.54, 1.807) is 20.9 Å². The molecule has 0 unspecified atom stereocenters. The number of thiazole rings is 1. The Morgan fingerprint density at radius 1 is 1.40 bits per heavy atom. The van der Waals surface area contributed by atoms with Gasteiger partial charge in [0.1, 0.15) is 10.7 Å². The SMILES string of the molecule is CCN(CC)c1nc(N)c(C(=O)N(C)CC(C)(C)O)s1. The highest BCUT2D eigenvalue weighted by Gasteiger charge is 2.25. The van der Waals surface area contributed by atoms with Crippen LogP contribution < -0.4 is 10.6 Å². The van der Waals surface area contributed by atoms with Gasteiger partial charge < -0.3 is 20.6 Å². The van der Waals surface area contributed by atoms with E-state index in [2.05, 4.69) is 4.98 Å². The smallest absolute Gasteiger partial charge is 0.267 e. The van der Waals surface area contributed by atoms with E-state index < -0.39 is 5.60 Å². The van der Waals surface area contributed by atoms with Crippen LogP contribution >= 0.6 is 11.3 Å². The minimum Gasteiger partial charge on any atom is -0.389 e. The predicted octanol–water partition coefficient (Wildman–Crippen LogP) is 1.41. The molecule has 20 heavy (non-hydrogen) atoms. The van der Waals surface area contributed by atoms with Gasteiger partial charge in [-0.05, 0) is 27.7 Å². The van der Waals surface area contributed by atoms with Gasteiger partial charge in [-0.25, -0.2) is 4.98 Å². The quantitative estimate of drug-likeness (QED) is 0.830. The van der Waals surface area contributed by atoms with Crippen molar-refractivity contribution >= 4 is 28.2 Å². The Morgan fingerprint density at radius 2 is 1.95 bits per heavy atom. The number of aliphatic hydroxyl groups is 1. The number of rotatable bonds is 6. The highest BCUT2D eigenvalue weighted by atomic mass is 32.1. The minimum absolute atomic E-state index is 0.208. The molecule has 1 amide bonds. The van der Waals surface area contributed by atoms with Crippen LogP contribution in [0.2, 0.25) is 0 Å². The first-order valence-electron chi connectivity index (χ1n) is 6.68. The van der Waals surface area contributed by atoms with Crippen molar-refractivity contribution in [1.82, 2.24) is 9.88 Å². The van der Waals surface area contributed by atoms with Gasteiger partial charge in [-0.2, -0.15) is 0 Å². The van der Waals surface area contributed by atoms with Gasteiger partial charge in [-0.15, -0.1) is 0 Å². The van der Waals surface area contributed by atoms with Crippen LogP contribution in [-0.4, -0.2) is 53.2 Å². The molecule has 1 heterocycles. The predicted molar refractivity (Wildman–Crippen MR) is 83.3 cm³/mol. The number of carbonyl (C=O) groups excluding carboxylic acids is 1. The largest absolute Gasteiger partial charge is 0.389 e. The molecule has 3 N–H and O–H groups in total. The van der Waals surface area contributed by atoms with E-state index in [4.69, 9.17) is 5.73 Å². The lowest BCUT2D eigenvalue weighted by Gasteiger charge is -2.25. The topological polar surface area (TPSA) is 82.7 Å². The van der Waals surface area contributed by atoms with E-state index >= 15 is 0 Å². The van der Waals surface area contributed by atoms with Crippen LogP contribution in [0.1, 0.15) is 37.4 Å². The number of hydrogen-bond donors (Lipinski definition) is 2. The molecule has 1 aromatic rings. The number of amides is 1. The van der Waals surface area contributed by atoms with Crippen molar-refractivity contribution in [3.8, 4) is 0 Å². The van der Waals surface area contributed by atoms with E-state index in [0.717, 1.165) is 18.2 Å². The summed E-state index contributed by atoms with van der Waals surface area (Å²) >= 11 is 1.30. The molecule has 0 saturated heterocycles. The molecule has 0 aliphatic rings. The van der Waals surface area contributed by atoms with Crippen LogP contribution in [0.25, 0.3) is 0 Å². The Bertz CT molecular complexity index is 463. The first kappa shape index (κ1) is 16.7. The Labute approximate surface area is 124 Å². The fourth-order valence-corrected chi connectivity index (χ4v) is 3.04. The zero-order valence-corrected chi connectivity index (χ0v) is 13.6. The summed E-state index contributed by atoms with van der Waals surface area (Å²) in [6, 6.07) is 0. The molecule has 0 radical (unpaired) electrons. The third-order valence-electron chi connectivity index (χ3n) is 2.84. The summed E-state index contributed by atoms with van der Waals surface area (Å²) in [5.41, 5.74) is 4.91. The lowest BCUT2D eigenvalue weighted by Crippen LogP contribution is -2.39. The summed E-state index contributed by atoms with van der Waals surface area (Å²) in [7, 11) is 1.65. The molecule has 0 fully saturated rings. The van der Waals surface area contributed by atoms with Crippen molar-refractivity contribution in [3.05, 3.63) is 4.88 Å². The molecule has 0 saturated carbocycles. The van der Waals surface area contributed by atoms with Gasteiger partial charge in [-0.3, -0.25) is 4.79 Å². The van der Waals surface area contributed by atoms with Crippen molar-refractivity contribution in [2.45, 2.75) is 33.3 Å². The summed E-state index contributed by atoms with van der Waals surface area (Å²) in [6.07, 6.45) is 0. The van der Waals surface area contributed by atoms with Gasteiger partial charge in [0.05, 0.1) is 5.60 Å². The van der Waals surface area contributed by atoms with E-state index in [-0.39, 0.29) is 18.3 Å². The van der Waals surface area contributed by atoms with Crippen LogP contribution in [0.3, 0.4) is 0 Å². The molecule has 0 aliphatic heterocycles. The molecule has 0 atom stereocenters. The Balaban J connectivity index is 2.94. The maximum absolute atomic E-state index is 12.3. The van der Waals surface area contributed by atoms with Crippen LogP contribution in [0.15, 0.2) is 0 Å². The molecule has 0 bridgehead atoms. The third-order valence-corrected chi connectivity index (χ3v) is 3.96. The molecule has 114 valence electrons. The maximum atomic E-state index is 12.3. The normalized spacial score (nSPS) is 11.5. The number of nitrogens with zero attached hydrogens (tertiary/aromatic N) is 3. The average molecular weight is 300 g/mol. The van der Waals surface area contributed by atoms with Gasteiger partial charge in [0.25, 0.3) is 5.91 Å². The molecule has 1 rings (SSSR count). The second-order valence-corrected chi connectivity index (χ2v) is 6.33. The molecule has 1 aromatic heterocycles. The van der Waals surface area contributed by atoms with Crippen LogP contribution in [0.4, 0.5) is 10.9 Å². The highest BCUT2D eigenvalue weighted by molar-refractivity contribution is 7.18. The molecule has 7 heteroatoms. The Hall–Kier alpha value is -1.34. The molecule has 0 aliphatic carbocycles. The fraction of sp³-hybridized carbons (Fsp3) is 0.692. The first-order valence-corrected chi connectivity index (χ1v) is 7.50. The van der Waals surface area contributed by atoms with Gasteiger partial charge in [0, 0.05) is 26.7 Å². The number of anilines is 2. The summed E-state index contributed by atoms with van der Waals surface area (Å²) in [4.78, 5) is 20.6. The van der Waals surface area contributed by atoms with Crippen molar-refractivity contribution in [2.75, 3.05) is 37.3 Å². The first-order chi connectivity index (χ1) is 9.19. The van der Waals surface area contributed by atoms with E-state index in [0.29, 0.717) is 4.88 Å². The number of hydrogen-bond acceptors (Lipinski definition) is 6. The monoisotopic (exact) mass is 300 g/mol. The van der Waals surface area contributed by atoms with E-state index in [1.165, 1.54) is 16.2 Å². The standard InChI is InChI=1S/C13H24N4O2S/c1-6-17(7-2)12-15-10(14)9(20-12)11(18)16(5)8-13(3,4)19/h19H,6-8,14H2,1-5H3. The van der Waals surface area contributed by atoms with Crippen molar-refractivity contribution < 1.29 is 9.90 Å². The van der Waals surface area contributed by atoms with Crippen LogP contribution in [0, 0.1) is 0 Å². The highest BCUT2D eigenvalue weighted by Crippen LogP contribution is 2.29. The molecule has 0 aromatic carbocycles. The molecular formula is C13H24N4O2S. The van der Waals surface area contributed by atoms with Crippen LogP contribution in [0.5, 0.6) is 0 Å². The molecule has 0 spiro atoms. The summed E-state index contributed by atoms with van der Waals surface area (Å²) in [6.45, 7) is 9.26. The lowest BCUT2D eigenvalue weighted by molar-refractivity contribution is 0.0371. The van der Waals surface area contributed by atoms with E-state index in [9.17, 15) is 9.90 Å². The zero-order chi connectivity index (χ0) is 15.5. The van der Waals surface area contributed by atoms with Crippen molar-refractivity contribution in [2.24, 2.45) is 0 Å². The Kier molecular flexibility index (Phi) is 5.35. The number of aromatic nitrogens is 1. The third kappa shape index (κ3) is 4.08. The zero-order valence-electron chi connectivity index (χ0n) is 12.8. The second-order valence-electron chi connectivity index (χ2n) is 5.36.